The second-order valence-electron chi connectivity index (χ2n) is 7.16. The number of urea groups is 1. The number of carbonyl (C=O) groups is 1. The fourth-order valence-electron chi connectivity index (χ4n) is 4.08. The van der Waals surface area contributed by atoms with Gasteiger partial charge in [0.2, 0.25) is 6.79 Å². The van der Waals surface area contributed by atoms with Gasteiger partial charge in [-0.2, -0.15) is 0 Å². The molecule has 1 N–H and O–H groups in total. The van der Waals surface area contributed by atoms with Gasteiger partial charge in [-0.15, -0.1) is 0 Å². The number of piperazine rings is 1. The average Bonchev–Trinajstić information content (AvgIpc) is 3.15. The number of hydrogen-bond donors (Lipinski definition) is 1. The first-order chi connectivity index (χ1) is 12.3. The second kappa shape index (κ2) is 7.52. The summed E-state index contributed by atoms with van der Waals surface area (Å²) in [5.74, 6) is 1.53. The van der Waals surface area contributed by atoms with E-state index in [1.807, 2.05) is 23.1 Å². The van der Waals surface area contributed by atoms with Crippen LogP contribution in [0.1, 0.15) is 37.7 Å². The molecule has 6 nitrogen and oxygen atoms in total. The van der Waals surface area contributed by atoms with Crippen LogP contribution < -0.4 is 14.8 Å². The molecule has 2 heterocycles. The Morgan fingerprint density at radius 2 is 1.80 bits per heavy atom. The molecule has 1 saturated heterocycles. The number of hydrogen-bond acceptors (Lipinski definition) is 4. The highest BCUT2D eigenvalue weighted by molar-refractivity contribution is 5.74. The minimum Gasteiger partial charge on any atom is -0.454 e. The molecule has 4 rings (SSSR count). The van der Waals surface area contributed by atoms with Crippen molar-refractivity contribution in [1.82, 2.24) is 15.1 Å². The number of benzene rings is 1. The van der Waals surface area contributed by atoms with Crippen molar-refractivity contribution in [2.45, 2.75) is 44.7 Å². The van der Waals surface area contributed by atoms with Gasteiger partial charge in [-0.3, -0.25) is 4.90 Å². The van der Waals surface area contributed by atoms with Crippen LogP contribution in [0.15, 0.2) is 18.2 Å². The lowest BCUT2D eigenvalue weighted by Gasteiger charge is -2.40. The lowest BCUT2D eigenvalue weighted by Crippen LogP contribution is -2.54. The van der Waals surface area contributed by atoms with Gasteiger partial charge < -0.3 is 19.7 Å². The summed E-state index contributed by atoms with van der Waals surface area (Å²) in [6.45, 7) is 4.44. The first-order valence-electron chi connectivity index (χ1n) is 9.45. The largest absolute Gasteiger partial charge is 0.454 e. The van der Waals surface area contributed by atoms with Gasteiger partial charge in [-0.1, -0.05) is 25.3 Å². The van der Waals surface area contributed by atoms with E-state index >= 15 is 0 Å². The number of carbonyl (C=O) groups excluding carboxylic acids is 1. The third kappa shape index (κ3) is 3.84. The van der Waals surface area contributed by atoms with Crippen LogP contribution in [0.3, 0.4) is 0 Å². The highest BCUT2D eigenvalue weighted by Gasteiger charge is 2.26. The third-order valence-electron chi connectivity index (χ3n) is 5.57. The van der Waals surface area contributed by atoms with Crippen LogP contribution in [0, 0.1) is 0 Å². The van der Waals surface area contributed by atoms with Gasteiger partial charge >= 0.3 is 6.03 Å². The molecule has 0 unspecified atom stereocenters. The van der Waals surface area contributed by atoms with Gasteiger partial charge in [-0.25, -0.2) is 4.79 Å². The lowest BCUT2D eigenvalue weighted by molar-refractivity contribution is 0.0905. The van der Waals surface area contributed by atoms with Crippen LogP contribution >= 0.6 is 0 Å². The molecule has 1 aliphatic carbocycles. The highest BCUT2D eigenvalue weighted by atomic mass is 16.7. The monoisotopic (exact) mass is 345 g/mol. The zero-order valence-electron chi connectivity index (χ0n) is 14.7. The van der Waals surface area contributed by atoms with Crippen molar-refractivity contribution in [3.8, 4) is 11.5 Å². The number of nitrogens with zero attached hydrogens (tertiary/aromatic N) is 2. The summed E-state index contributed by atoms with van der Waals surface area (Å²) in [4.78, 5) is 16.9. The predicted octanol–water partition coefficient (Wildman–Crippen LogP) is 2.58. The number of ether oxygens (including phenoxy) is 2. The molecule has 1 aromatic rings. The van der Waals surface area contributed by atoms with Gasteiger partial charge in [0.15, 0.2) is 11.5 Å². The van der Waals surface area contributed by atoms with E-state index in [2.05, 4.69) is 10.2 Å². The summed E-state index contributed by atoms with van der Waals surface area (Å²) in [5.41, 5.74) is 1.03. The Bertz CT molecular complexity index is 608. The van der Waals surface area contributed by atoms with E-state index in [1.165, 1.54) is 32.1 Å². The maximum absolute atomic E-state index is 12.4. The summed E-state index contributed by atoms with van der Waals surface area (Å²) in [6.07, 6.45) is 6.77. The molecular weight excluding hydrogens is 318 g/mol. The Morgan fingerprint density at radius 1 is 1.04 bits per heavy atom. The molecule has 6 heteroatoms. The van der Waals surface area contributed by atoms with E-state index in [0.29, 0.717) is 6.54 Å². The molecule has 3 aliphatic rings. The van der Waals surface area contributed by atoms with Gasteiger partial charge in [0.1, 0.15) is 0 Å². The number of rotatable bonds is 3. The topological polar surface area (TPSA) is 54.0 Å². The Hall–Kier alpha value is -1.95. The van der Waals surface area contributed by atoms with E-state index in [-0.39, 0.29) is 12.8 Å². The molecule has 0 atom stereocenters. The van der Waals surface area contributed by atoms with Crippen LogP contribution in [0.4, 0.5) is 4.79 Å². The molecule has 0 aromatic heterocycles. The molecule has 0 radical (unpaired) electrons. The molecule has 2 fully saturated rings. The van der Waals surface area contributed by atoms with Crippen LogP contribution in [0.2, 0.25) is 0 Å². The van der Waals surface area contributed by atoms with Gasteiger partial charge in [0.25, 0.3) is 0 Å². The summed E-state index contributed by atoms with van der Waals surface area (Å²) in [7, 11) is 0. The smallest absolute Gasteiger partial charge is 0.317 e. The van der Waals surface area contributed by atoms with Crippen LogP contribution in [-0.4, -0.2) is 54.8 Å². The Kier molecular flexibility index (Phi) is 4.97. The maximum atomic E-state index is 12.4. The van der Waals surface area contributed by atoms with Crippen LogP contribution in [-0.2, 0) is 6.54 Å². The lowest BCUT2D eigenvalue weighted by atomic mass is 9.94. The molecule has 25 heavy (non-hydrogen) atoms. The zero-order chi connectivity index (χ0) is 17.1. The molecule has 136 valence electrons. The number of amides is 2. The standard InChI is InChI=1S/C19H27N3O3/c23-19(20-13-15-6-7-17-18(12-15)25-14-24-17)22-10-8-21(9-11-22)16-4-2-1-3-5-16/h6-7,12,16H,1-5,8-11,13-14H2,(H,20,23). The SMILES string of the molecule is O=C(NCc1ccc2c(c1)OCO2)N1CCN(C2CCCCC2)CC1. The summed E-state index contributed by atoms with van der Waals surface area (Å²) in [5, 5.41) is 3.03. The predicted molar refractivity (Wildman–Crippen MR) is 94.8 cm³/mol. The molecule has 0 bridgehead atoms. The van der Waals surface area contributed by atoms with Gasteiger partial charge in [0.05, 0.1) is 0 Å². The molecule has 2 amide bonds. The first kappa shape index (κ1) is 16.5. The zero-order valence-corrected chi connectivity index (χ0v) is 14.7. The van der Waals surface area contributed by atoms with Crippen molar-refractivity contribution in [2.75, 3.05) is 33.0 Å². The quantitative estimate of drug-likeness (QED) is 0.915. The molecule has 0 spiro atoms. The van der Waals surface area contributed by atoms with E-state index in [1.54, 1.807) is 0 Å². The highest BCUT2D eigenvalue weighted by Crippen LogP contribution is 2.32. The fraction of sp³-hybridized carbons (Fsp3) is 0.632. The number of fused-ring (bicyclic) bond motifs is 1. The summed E-state index contributed by atoms with van der Waals surface area (Å²) in [6, 6.07) is 6.57. The minimum absolute atomic E-state index is 0.0287. The number of nitrogens with one attached hydrogen (secondary N) is 1. The van der Waals surface area contributed by atoms with Gasteiger partial charge in [0, 0.05) is 38.8 Å². The molecule has 1 aromatic carbocycles. The van der Waals surface area contributed by atoms with Gasteiger partial charge in [-0.05, 0) is 30.5 Å². The van der Waals surface area contributed by atoms with E-state index in [0.717, 1.165) is 49.3 Å². The van der Waals surface area contributed by atoms with Crippen molar-refractivity contribution in [3.05, 3.63) is 23.8 Å². The fourth-order valence-corrected chi connectivity index (χ4v) is 4.08. The van der Waals surface area contributed by atoms with Crippen molar-refractivity contribution < 1.29 is 14.3 Å². The van der Waals surface area contributed by atoms with Crippen molar-refractivity contribution >= 4 is 6.03 Å². The van der Waals surface area contributed by atoms with E-state index in [4.69, 9.17) is 9.47 Å². The third-order valence-corrected chi connectivity index (χ3v) is 5.57. The minimum atomic E-state index is 0.0287. The van der Waals surface area contributed by atoms with Crippen molar-refractivity contribution in [2.24, 2.45) is 0 Å². The van der Waals surface area contributed by atoms with Crippen LogP contribution in [0.25, 0.3) is 0 Å². The summed E-state index contributed by atoms with van der Waals surface area (Å²) < 4.78 is 10.7. The molecule has 1 saturated carbocycles. The average molecular weight is 345 g/mol. The second-order valence-corrected chi connectivity index (χ2v) is 7.16. The van der Waals surface area contributed by atoms with E-state index in [9.17, 15) is 4.79 Å². The summed E-state index contributed by atoms with van der Waals surface area (Å²) >= 11 is 0. The van der Waals surface area contributed by atoms with Crippen molar-refractivity contribution in [3.63, 3.8) is 0 Å². The Morgan fingerprint density at radius 3 is 2.60 bits per heavy atom. The van der Waals surface area contributed by atoms with Crippen molar-refractivity contribution in [1.29, 1.82) is 0 Å². The van der Waals surface area contributed by atoms with Crippen LogP contribution in [0.5, 0.6) is 11.5 Å². The Labute approximate surface area is 149 Å². The van der Waals surface area contributed by atoms with E-state index < -0.39 is 0 Å². The maximum Gasteiger partial charge on any atom is 0.317 e. The Balaban J connectivity index is 1.23. The first-order valence-corrected chi connectivity index (χ1v) is 9.45. The molecular formula is C19H27N3O3. The molecule has 2 aliphatic heterocycles. The normalized spacial score (nSPS) is 21.4.